The molecular formula is C21H22ClN5O2. The number of hydrogen-bond donors (Lipinski definition) is 0. The van der Waals surface area contributed by atoms with Crippen molar-refractivity contribution in [2.45, 2.75) is 32.6 Å². The zero-order valence-electron chi connectivity index (χ0n) is 16.2. The Labute approximate surface area is 174 Å². The molecule has 0 atom stereocenters. The highest BCUT2D eigenvalue weighted by atomic mass is 35.5. The minimum atomic E-state index is -0.155. The van der Waals surface area contributed by atoms with Crippen molar-refractivity contribution in [3.8, 4) is 5.69 Å². The second-order valence-electron chi connectivity index (χ2n) is 6.49. The van der Waals surface area contributed by atoms with Crippen LogP contribution in [0.5, 0.6) is 0 Å². The molecule has 0 aliphatic carbocycles. The van der Waals surface area contributed by atoms with E-state index in [0.717, 1.165) is 11.3 Å². The van der Waals surface area contributed by atoms with Gasteiger partial charge in [-0.15, -0.1) is 0 Å². The van der Waals surface area contributed by atoms with E-state index in [2.05, 4.69) is 15.1 Å². The number of amides is 1. The first-order valence-electron chi connectivity index (χ1n) is 9.45. The van der Waals surface area contributed by atoms with Gasteiger partial charge in [0.1, 0.15) is 11.5 Å². The van der Waals surface area contributed by atoms with E-state index in [4.69, 9.17) is 11.6 Å². The van der Waals surface area contributed by atoms with Crippen molar-refractivity contribution in [1.82, 2.24) is 19.7 Å². The second kappa shape index (κ2) is 9.93. The monoisotopic (exact) mass is 411 g/mol. The summed E-state index contributed by atoms with van der Waals surface area (Å²) in [5.41, 5.74) is 2.33. The average molecular weight is 412 g/mol. The van der Waals surface area contributed by atoms with Crippen molar-refractivity contribution in [3.05, 3.63) is 66.0 Å². The van der Waals surface area contributed by atoms with E-state index in [0.29, 0.717) is 25.1 Å². The number of carbonyl (C=O) groups is 2. The Bertz CT molecular complexity index is 960. The highest BCUT2D eigenvalue weighted by molar-refractivity contribution is 6.32. The van der Waals surface area contributed by atoms with E-state index in [1.807, 2.05) is 25.1 Å². The molecule has 0 bridgehead atoms. The summed E-state index contributed by atoms with van der Waals surface area (Å²) in [4.78, 5) is 34.5. The smallest absolute Gasteiger partial charge is 0.227 e. The van der Waals surface area contributed by atoms with Gasteiger partial charge < -0.3 is 4.90 Å². The first-order valence-corrected chi connectivity index (χ1v) is 9.82. The third-order valence-corrected chi connectivity index (χ3v) is 4.80. The Balaban J connectivity index is 1.59. The zero-order valence-corrected chi connectivity index (χ0v) is 16.9. The van der Waals surface area contributed by atoms with Crippen LogP contribution in [0.4, 0.5) is 5.69 Å². The van der Waals surface area contributed by atoms with Gasteiger partial charge >= 0.3 is 0 Å². The first-order chi connectivity index (χ1) is 14.1. The molecule has 150 valence electrons. The van der Waals surface area contributed by atoms with Crippen LogP contribution in [0.2, 0.25) is 5.15 Å². The van der Waals surface area contributed by atoms with Crippen molar-refractivity contribution < 1.29 is 9.59 Å². The number of aromatic nitrogens is 4. The van der Waals surface area contributed by atoms with E-state index in [-0.39, 0.29) is 29.7 Å². The lowest BCUT2D eigenvalue weighted by atomic mass is 10.1. The van der Waals surface area contributed by atoms with Crippen molar-refractivity contribution in [2.24, 2.45) is 0 Å². The van der Waals surface area contributed by atoms with E-state index < -0.39 is 0 Å². The quantitative estimate of drug-likeness (QED) is 0.536. The van der Waals surface area contributed by atoms with Gasteiger partial charge in [0.05, 0.1) is 18.1 Å². The second-order valence-corrected chi connectivity index (χ2v) is 6.85. The highest BCUT2D eigenvalue weighted by Gasteiger charge is 2.21. The first kappa shape index (κ1) is 20.7. The lowest BCUT2D eigenvalue weighted by Crippen LogP contribution is -2.30. The molecule has 0 saturated heterocycles. The van der Waals surface area contributed by atoms with Gasteiger partial charge in [-0.2, -0.15) is 5.10 Å². The van der Waals surface area contributed by atoms with Gasteiger partial charge in [0.15, 0.2) is 5.15 Å². The lowest BCUT2D eigenvalue weighted by Gasteiger charge is -2.19. The molecule has 0 N–H and O–H groups in total. The molecule has 0 unspecified atom stereocenters. The maximum atomic E-state index is 12.7. The fourth-order valence-corrected chi connectivity index (χ4v) is 3.20. The number of halogens is 1. The van der Waals surface area contributed by atoms with Crippen LogP contribution in [0.25, 0.3) is 5.69 Å². The van der Waals surface area contributed by atoms with Crippen LogP contribution in [-0.2, 0) is 16.0 Å². The molecule has 3 rings (SSSR count). The highest BCUT2D eigenvalue weighted by Crippen LogP contribution is 2.26. The Hall–Kier alpha value is -3.06. The average Bonchev–Trinajstić information content (AvgIpc) is 3.14. The number of ketones is 1. The Morgan fingerprint density at radius 2 is 1.86 bits per heavy atom. The molecule has 8 heteroatoms. The van der Waals surface area contributed by atoms with Gasteiger partial charge in [-0.05, 0) is 43.2 Å². The minimum Gasteiger partial charge on any atom is -0.308 e. The summed E-state index contributed by atoms with van der Waals surface area (Å²) < 4.78 is 1.58. The molecule has 0 fully saturated rings. The molecule has 0 aliphatic rings. The summed E-state index contributed by atoms with van der Waals surface area (Å²) in [6.07, 6.45) is 9.84. The summed E-state index contributed by atoms with van der Waals surface area (Å²) in [5, 5.41) is 4.50. The van der Waals surface area contributed by atoms with Gasteiger partial charge in [0.2, 0.25) is 5.91 Å². The molecule has 1 amide bonds. The standard InChI is InChI=1S/C21H22ClN5O2/c1-2-26(19-15-27(25-21(19)22)17-4-3-11-24-14-17)20(29)8-7-18(28)6-5-16-9-12-23-13-10-16/h3-4,9-15H,2,5-8H2,1H3. The summed E-state index contributed by atoms with van der Waals surface area (Å²) >= 11 is 6.27. The van der Waals surface area contributed by atoms with Crippen LogP contribution in [0.1, 0.15) is 31.7 Å². The SMILES string of the molecule is CCN(C(=O)CCC(=O)CCc1ccncc1)c1cn(-c2cccnc2)nc1Cl. The van der Waals surface area contributed by atoms with Crippen molar-refractivity contribution in [1.29, 1.82) is 0 Å². The predicted molar refractivity (Wildman–Crippen MR) is 111 cm³/mol. The molecular weight excluding hydrogens is 390 g/mol. The minimum absolute atomic E-state index is 0.0587. The number of aryl methyl sites for hydroxylation is 1. The maximum Gasteiger partial charge on any atom is 0.227 e. The van der Waals surface area contributed by atoms with Crippen molar-refractivity contribution >= 4 is 29.0 Å². The van der Waals surface area contributed by atoms with Gasteiger partial charge in [0, 0.05) is 44.4 Å². The van der Waals surface area contributed by atoms with Crippen LogP contribution in [0.3, 0.4) is 0 Å². The maximum absolute atomic E-state index is 12.7. The molecule has 0 radical (unpaired) electrons. The van der Waals surface area contributed by atoms with Crippen LogP contribution >= 0.6 is 11.6 Å². The number of rotatable bonds is 9. The number of pyridine rings is 2. The molecule has 3 aromatic heterocycles. The number of carbonyl (C=O) groups excluding carboxylic acids is 2. The fourth-order valence-electron chi connectivity index (χ4n) is 2.97. The molecule has 0 spiro atoms. The summed E-state index contributed by atoms with van der Waals surface area (Å²) in [6, 6.07) is 7.42. The van der Waals surface area contributed by atoms with E-state index in [1.54, 1.807) is 46.6 Å². The number of hydrogen-bond acceptors (Lipinski definition) is 5. The molecule has 3 heterocycles. The normalized spacial score (nSPS) is 10.7. The van der Waals surface area contributed by atoms with Crippen molar-refractivity contribution in [3.63, 3.8) is 0 Å². The Morgan fingerprint density at radius 1 is 1.07 bits per heavy atom. The third kappa shape index (κ3) is 5.48. The lowest BCUT2D eigenvalue weighted by molar-refractivity contribution is -0.124. The van der Waals surface area contributed by atoms with Crippen molar-refractivity contribution in [2.75, 3.05) is 11.4 Å². The Kier molecular flexibility index (Phi) is 7.08. The summed E-state index contributed by atoms with van der Waals surface area (Å²) in [6.45, 7) is 2.30. The summed E-state index contributed by atoms with van der Waals surface area (Å²) in [5.74, 6) is -0.0965. The van der Waals surface area contributed by atoms with E-state index in [9.17, 15) is 9.59 Å². The van der Waals surface area contributed by atoms with Gasteiger partial charge in [-0.3, -0.25) is 19.6 Å². The molecule has 0 saturated carbocycles. The number of nitrogens with zero attached hydrogens (tertiary/aromatic N) is 5. The third-order valence-electron chi connectivity index (χ3n) is 4.53. The van der Waals surface area contributed by atoms with Gasteiger partial charge in [-0.25, -0.2) is 4.68 Å². The van der Waals surface area contributed by atoms with Crippen LogP contribution in [0.15, 0.2) is 55.2 Å². The van der Waals surface area contributed by atoms with Crippen LogP contribution < -0.4 is 4.90 Å². The van der Waals surface area contributed by atoms with Gasteiger partial charge in [-0.1, -0.05) is 11.6 Å². The molecule has 3 aromatic rings. The van der Waals surface area contributed by atoms with Crippen LogP contribution in [-0.4, -0.2) is 38.0 Å². The number of Topliss-reactive ketones (excluding diaryl/α,β-unsaturated/α-hetero) is 1. The Morgan fingerprint density at radius 3 is 2.55 bits per heavy atom. The predicted octanol–water partition coefficient (Wildman–Crippen LogP) is 3.65. The molecule has 29 heavy (non-hydrogen) atoms. The molecule has 0 aromatic carbocycles. The number of anilines is 1. The topological polar surface area (TPSA) is 81.0 Å². The van der Waals surface area contributed by atoms with E-state index in [1.165, 1.54) is 0 Å². The van der Waals surface area contributed by atoms with Crippen LogP contribution in [0, 0.1) is 0 Å². The zero-order chi connectivity index (χ0) is 20.6. The largest absolute Gasteiger partial charge is 0.308 e. The summed E-state index contributed by atoms with van der Waals surface area (Å²) in [7, 11) is 0. The molecule has 0 aliphatic heterocycles. The van der Waals surface area contributed by atoms with Gasteiger partial charge in [0.25, 0.3) is 0 Å². The molecule has 7 nitrogen and oxygen atoms in total. The fraction of sp³-hybridized carbons (Fsp3) is 0.286. The van der Waals surface area contributed by atoms with E-state index >= 15 is 0 Å².